The van der Waals surface area contributed by atoms with Gasteiger partial charge in [0.05, 0.1) is 11.8 Å². The number of nitrogens with two attached hydrogens (primary N) is 1. The number of nitrogens with one attached hydrogen (secondary N) is 1. The molecule has 25 heavy (non-hydrogen) atoms. The molecular weight excluding hydrogens is 318 g/mol. The van der Waals surface area contributed by atoms with Crippen molar-refractivity contribution in [3.63, 3.8) is 0 Å². The molecule has 1 atom stereocenters. The topological polar surface area (TPSA) is 114 Å². The molecule has 3 rings (SSSR count). The van der Waals surface area contributed by atoms with Crippen molar-refractivity contribution >= 4 is 22.5 Å². The van der Waals surface area contributed by atoms with Crippen LogP contribution in [0, 0.1) is 0 Å². The molecule has 128 valence electrons. The van der Waals surface area contributed by atoms with Gasteiger partial charge < -0.3 is 16.2 Å². The van der Waals surface area contributed by atoms with Crippen LogP contribution in [0.5, 0.6) is 0 Å². The predicted molar refractivity (Wildman–Crippen MR) is 95.8 cm³/mol. The Balaban J connectivity index is 2.23. The van der Waals surface area contributed by atoms with E-state index in [-0.39, 0.29) is 17.3 Å². The van der Waals surface area contributed by atoms with Crippen LogP contribution in [0.25, 0.3) is 22.0 Å². The van der Waals surface area contributed by atoms with E-state index in [1.54, 1.807) is 31.5 Å². The second kappa shape index (κ2) is 6.82. The lowest BCUT2D eigenvalue weighted by Crippen LogP contribution is -2.25. The lowest BCUT2D eigenvalue weighted by Gasteiger charge is -2.14. The van der Waals surface area contributed by atoms with Crippen LogP contribution in [0.4, 0.5) is 5.69 Å². The van der Waals surface area contributed by atoms with Gasteiger partial charge in [-0.2, -0.15) is 0 Å². The van der Waals surface area contributed by atoms with E-state index in [2.05, 4.69) is 20.5 Å². The number of anilines is 1. The minimum absolute atomic E-state index is 0.105. The molecule has 0 aliphatic heterocycles. The van der Waals surface area contributed by atoms with Gasteiger partial charge >= 0.3 is 0 Å². The van der Waals surface area contributed by atoms with Crippen LogP contribution in [-0.4, -0.2) is 32.7 Å². The summed E-state index contributed by atoms with van der Waals surface area (Å²) in [4.78, 5) is 16.2. The van der Waals surface area contributed by atoms with Crippen molar-refractivity contribution in [1.29, 1.82) is 0 Å². The molecule has 2 heterocycles. The van der Waals surface area contributed by atoms with E-state index in [4.69, 9.17) is 5.73 Å². The largest absolute Gasteiger partial charge is 0.396 e. The van der Waals surface area contributed by atoms with Crippen molar-refractivity contribution in [2.45, 2.75) is 20.0 Å². The molecule has 2 aromatic heterocycles. The van der Waals surface area contributed by atoms with E-state index >= 15 is 0 Å². The molecule has 1 amide bonds. The summed E-state index contributed by atoms with van der Waals surface area (Å²) in [6.45, 7) is 3.99. The number of nitrogen functional groups attached to an aromatic ring is 1. The zero-order valence-corrected chi connectivity index (χ0v) is 14.0. The number of fused-ring (bicyclic) bond motifs is 1. The number of carbonyl (C=O) groups is 1. The molecule has 0 aliphatic carbocycles. The summed E-state index contributed by atoms with van der Waals surface area (Å²) >= 11 is 0. The number of nitrogens with zero attached hydrogens (tertiary/aromatic N) is 3. The van der Waals surface area contributed by atoms with E-state index in [9.17, 15) is 9.90 Å². The normalized spacial score (nSPS) is 12.1. The van der Waals surface area contributed by atoms with Crippen LogP contribution < -0.4 is 11.1 Å². The predicted octanol–water partition coefficient (Wildman–Crippen LogP) is 2.08. The average molecular weight is 337 g/mol. The molecule has 1 aromatic carbocycles. The number of pyridine rings is 1. The van der Waals surface area contributed by atoms with Crippen molar-refractivity contribution in [1.82, 2.24) is 20.5 Å². The van der Waals surface area contributed by atoms with E-state index in [0.29, 0.717) is 17.4 Å². The number of aliphatic hydroxyl groups excluding tert-OH is 1. The smallest absolute Gasteiger partial charge is 0.273 e. The fourth-order valence-electron chi connectivity index (χ4n) is 2.77. The third kappa shape index (κ3) is 3.01. The molecule has 7 heteroatoms. The van der Waals surface area contributed by atoms with Crippen LogP contribution >= 0.6 is 0 Å². The van der Waals surface area contributed by atoms with Gasteiger partial charge in [-0.3, -0.25) is 9.78 Å². The molecule has 0 spiro atoms. The summed E-state index contributed by atoms with van der Waals surface area (Å²) in [6.07, 6.45) is 2.64. The molecule has 7 nitrogen and oxygen atoms in total. The first kappa shape index (κ1) is 16.8. The number of hydrogen-bond donors (Lipinski definition) is 3. The molecule has 1 unspecified atom stereocenters. The van der Waals surface area contributed by atoms with Crippen molar-refractivity contribution in [2.24, 2.45) is 0 Å². The fourth-order valence-corrected chi connectivity index (χ4v) is 2.77. The van der Waals surface area contributed by atoms with Gasteiger partial charge in [0.1, 0.15) is 5.52 Å². The molecule has 3 aromatic rings. The number of aliphatic hydroxyl groups is 1. The Morgan fingerprint density at radius 2 is 2.08 bits per heavy atom. The van der Waals surface area contributed by atoms with E-state index in [1.165, 1.54) is 0 Å². The third-order valence-electron chi connectivity index (χ3n) is 3.98. The summed E-state index contributed by atoms with van der Waals surface area (Å²) in [5.74, 6) is -0.356. The number of amides is 1. The summed E-state index contributed by atoms with van der Waals surface area (Å²) < 4.78 is 0. The minimum Gasteiger partial charge on any atom is -0.396 e. The van der Waals surface area contributed by atoms with Gasteiger partial charge in [0, 0.05) is 35.5 Å². The molecule has 0 saturated heterocycles. The van der Waals surface area contributed by atoms with Gasteiger partial charge in [-0.25, -0.2) is 0 Å². The molecule has 0 saturated carbocycles. The highest BCUT2D eigenvalue weighted by atomic mass is 16.3. The van der Waals surface area contributed by atoms with Crippen molar-refractivity contribution in [3.8, 4) is 11.1 Å². The van der Waals surface area contributed by atoms with Crippen LogP contribution in [0.3, 0.4) is 0 Å². The van der Waals surface area contributed by atoms with E-state index < -0.39 is 6.10 Å². The Labute approximate surface area is 144 Å². The Kier molecular flexibility index (Phi) is 4.58. The van der Waals surface area contributed by atoms with Gasteiger partial charge in [-0.15, -0.1) is 10.2 Å². The second-order valence-corrected chi connectivity index (χ2v) is 5.66. The van der Waals surface area contributed by atoms with Gasteiger partial charge in [0.15, 0.2) is 5.69 Å². The number of benzene rings is 1. The summed E-state index contributed by atoms with van der Waals surface area (Å²) in [5.41, 5.74) is 9.35. The maximum atomic E-state index is 12.1. The molecule has 0 bridgehead atoms. The first-order chi connectivity index (χ1) is 12.0. The maximum Gasteiger partial charge on any atom is 0.273 e. The quantitative estimate of drug-likeness (QED) is 0.671. The standard InChI is InChI=1S/C18H19N5O2/c1-3-21-18(25)17-15(19)13-6-4-5-12(16(13)22-23-17)14-9-20-8-7-11(14)10(2)24/h4-10,24H,3H2,1-2H3,(H2,19,22)(H,21,25). The lowest BCUT2D eigenvalue weighted by molar-refractivity contribution is 0.0951. The Morgan fingerprint density at radius 3 is 2.80 bits per heavy atom. The molecule has 4 N–H and O–H groups in total. The van der Waals surface area contributed by atoms with Crippen molar-refractivity contribution < 1.29 is 9.90 Å². The van der Waals surface area contributed by atoms with Gasteiger partial charge in [0.2, 0.25) is 0 Å². The van der Waals surface area contributed by atoms with Gasteiger partial charge in [0.25, 0.3) is 5.91 Å². The first-order valence-electron chi connectivity index (χ1n) is 8.00. The van der Waals surface area contributed by atoms with Gasteiger partial charge in [-0.05, 0) is 25.5 Å². The Morgan fingerprint density at radius 1 is 1.28 bits per heavy atom. The molecular formula is C18H19N5O2. The van der Waals surface area contributed by atoms with Crippen LogP contribution in [0.15, 0.2) is 36.7 Å². The number of carbonyl (C=O) groups excluding carboxylic acids is 1. The van der Waals surface area contributed by atoms with E-state index in [0.717, 1.165) is 16.7 Å². The Hall–Kier alpha value is -3.06. The van der Waals surface area contributed by atoms with Gasteiger partial charge in [-0.1, -0.05) is 18.2 Å². The first-order valence-corrected chi connectivity index (χ1v) is 8.00. The van der Waals surface area contributed by atoms with Crippen molar-refractivity contribution in [3.05, 3.63) is 47.9 Å². The van der Waals surface area contributed by atoms with Crippen LogP contribution in [-0.2, 0) is 0 Å². The average Bonchev–Trinajstić information content (AvgIpc) is 2.62. The van der Waals surface area contributed by atoms with Crippen LogP contribution in [0.1, 0.15) is 36.0 Å². The second-order valence-electron chi connectivity index (χ2n) is 5.66. The summed E-state index contributed by atoms with van der Waals surface area (Å²) in [6, 6.07) is 7.25. The van der Waals surface area contributed by atoms with Crippen LogP contribution in [0.2, 0.25) is 0 Å². The summed E-state index contributed by atoms with van der Waals surface area (Å²) in [7, 11) is 0. The summed E-state index contributed by atoms with van der Waals surface area (Å²) in [5, 5.41) is 21.6. The third-order valence-corrected chi connectivity index (χ3v) is 3.98. The zero-order chi connectivity index (χ0) is 18.0. The maximum absolute atomic E-state index is 12.1. The number of rotatable bonds is 4. The fraction of sp³-hybridized carbons (Fsp3) is 0.222. The zero-order valence-electron chi connectivity index (χ0n) is 14.0. The molecule has 0 radical (unpaired) electrons. The highest BCUT2D eigenvalue weighted by molar-refractivity contribution is 6.07. The van der Waals surface area contributed by atoms with E-state index in [1.807, 2.05) is 19.1 Å². The number of aromatic nitrogens is 3. The SMILES string of the molecule is CCNC(=O)c1nnc2c(-c3cnccc3C(C)O)cccc2c1N. The molecule has 0 aliphatic rings. The monoisotopic (exact) mass is 337 g/mol. The minimum atomic E-state index is -0.659. The number of hydrogen-bond acceptors (Lipinski definition) is 6. The highest BCUT2D eigenvalue weighted by Gasteiger charge is 2.18. The lowest BCUT2D eigenvalue weighted by atomic mass is 9.96. The highest BCUT2D eigenvalue weighted by Crippen LogP contribution is 2.34. The Bertz CT molecular complexity index is 940. The molecule has 0 fully saturated rings. The van der Waals surface area contributed by atoms with Crippen molar-refractivity contribution in [2.75, 3.05) is 12.3 Å².